The van der Waals surface area contributed by atoms with Gasteiger partial charge in [0.25, 0.3) is 0 Å². The first-order valence-corrected chi connectivity index (χ1v) is 5.79. The van der Waals surface area contributed by atoms with Crippen LogP contribution in [0.1, 0.15) is 29.6 Å². The molecule has 1 aromatic rings. The fraction of sp³-hybridized carbons (Fsp3) is 0.462. The van der Waals surface area contributed by atoms with Gasteiger partial charge in [0.05, 0.1) is 0 Å². The summed E-state index contributed by atoms with van der Waals surface area (Å²) in [5, 5.41) is 0. The third-order valence-corrected chi connectivity index (χ3v) is 3.12. The predicted octanol–water partition coefficient (Wildman–Crippen LogP) is 3.12. The van der Waals surface area contributed by atoms with Crippen LogP contribution in [0, 0.1) is 0 Å². The highest BCUT2D eigenvalue weighted by Crippen LogP contribution is 2.30. The molecule has 1 saturated heterocycles. The molecular formula is C13H15F2NO. The Morgan fingerprint density at radius 1 is 1.18 bits per heavy atom. The average Bonchev–Trinajstić information content (AvgIpc) is 2.50. The summed E-state index contributed by atoms with van der Waals surface area (Å²) in [5.41, 5.74) is 1.33. The van der Waals surface area contributed by atoms with Gasteiger partial charge in [0, 0.05) is 37.2 Å². The van der Waals surface area contributed by atoms with E-state index in [0.29, 0.717) is 25.1 Å². The lowest BCUT2D eigenvalue weighted by Crippen LogP contribution is -2.26. The Labute approximate surface area is 99.2 Å². The average molecular weight is 239 g/mol. The number of nitrogens with zero attached hydrogens (tertiary/aromatic N) is 1. The van der Waals surface area contributed by atoms with E-state index in [0.717, 1.165) is 12.0 Å². The standard InChI is InChI=1S/C13H15F2NO/c14-13(15)6-3-8-16(9-7-13)12-5-2-1-4-11(12)10-17/h1-2,4-5,10H,3,6-9H2. The molecule has 0 radical (unpaired) electrons. The lowest BCUT2D eigenvalue weighted by atomic mass is 10.1. The predicted molar refractivity (Wildman–Crippen MR) is 62.8 cm³/mol. The summed E-state index contributed by atoms with van der Waals surface area (Å²) < 4.78 is 26.5. The number of alkyl halides is 2. The van der Waals surface area contributed by atoms with Crippen molar-refractivity contribution in [3.8, 4) is 0 Å². The topological polar surface area (TPSA) is 20.3 Å². The molecule has 1 aliphatic rings. The molecule has 0 unspecified atom stereocenters. The van der Waals surface area contributed by atoms with Gasteiger partial charge in [0.2, 0.25) is 5.92 Å². The molecule has 0 N–H and O–H groups in total. The Balaban J connectivity index is 2.19. The molecule has 0 bridgehead atoms. The number of hydrogen-bond acceptors (Lipinski definition) is 2. The largest absolute Gasteiger partial charge is 0.371 e. The molecule has 17 heavy (non-hydrogen) atoms. The number of para-hydroxylation sites is 1. The summed E-state index contributed by atoms with van der Waals surface area (Å²) in [6, 6.07) is 7.13. The molecule has 0 aromatic heterocycles. The number of anilines is 1. The molecule has 1 aromatic carbocycles. The summed E-state index contributed by atoms with van der Waals surface area (Å²) in [5.74, 6) is -2.56. The first-order chi connectivity index (χ1) is 8.12. The molecule has 0 spiro atoms. The van der Waals surface area contributed by atoms with Crippen molar-refractivity contribution < 1.29 is 13.6 Å². The minimum atomic E-state index is -2.56. The fourth-order valence-corrected chi connectivity index (χ4v) is 2.18. The van der Waals surface area contributed by atoms with E-state index in [2.05, 4.69) is 0 Å². The number of halogens is 2. The van der Waals surface area contributed by atoms with Crippen molar-refractivity contribution >= 4 is 12.0 Å². The quantitative estimate of drug-likeness (QED) is 0.739. The van der Waals surface area contributed by atoms with Crippen molar-refractivity contribution in [3.63, 3.8) is 0 Å². The molecule has 0 aliphatic carbocycles. The van der Waals surface area contributed by atoms with E-state index in [-0.39, 0.29) is 12.8 Å². The highest BCUT2D eigenvalue weighted by Gasteiger charge is 2.32. The van der Waals surface area contributed by atoms with Gasteiger partial charge in [-0.15, -0.1) is 0 Å². The smallest absolute Gasteiger partial charge is 0.249 e. The number of benzene rings is 1. The van der Waals surface area contributed by atoms with Crippen molar-refractivity contribution in [2.24, 2.45) is 0 Å². The van der Waals surface area contributed by atoms with Gasteiger partial charge in [-0.1, -0.05) is 12.1 Å². The fourth-order valence-electron chi connectivity index (χ4n) is 2.18. The third-order valence-electron chi connectivity index (χ3n) is 3.12. The molecule has 4 heteroatoms. The minimum absolute atomic E-state index is 0.0627. The van der Waals surface area contributed by atoms with Gasteiger partial charge in [-0.25, -0.2) is 8.78 Å². The molecule has 2 nitrogen and oxygen atoms in total. The first kappa shape index (κ1) is 12.0. The van der Waals surface area contributed by atoms with Crippen LogP contribution < -0.4 is 4.90 Å². The summed E-state index contributed by atoms with van der Waals surface area (Å²) in [4.78, 5) is 12.8. The van der Waals surface area contributed by atoms with Crippen molar-refractivity contribution in [3.05, 3.63) is 29.8 Å². The minimum Gasteiger partial charge on any atom is -0.371 e. The van der Waals surface area contributed by atoms with Gasteiger partial charge in [-0.2, -0.15) is 0 Å². The highest BCUT2D eigenvalue weighted by molar-refractivity contribution is 5.84. The second-order valence-electron chi connectivity index (χ2n) is 4.37. The lowest BCUT2D eigenvalue weighted by Gasteiger charge is -2.24. The van der Waals surface area contributed by atoms with Gasteiger partial charge in [0.1, 0.15) is 0 Å². The molecule has 2 rings (SSSR count). The van der Waals surface area contributed by atoms with Gasteiger partial charge in [-0.3, -0.25) is 4.79 Å². The second kappa shape index (κ2) is 4.82. The summed E-state index contributed by atoms with van der Waals surface area (Å²) in [6.07, 6.45) is 1.03. The van der Waals surface area contributed by atoms with Crippen LogP contribution in [0.25, 0.3) is 0 Å². The molecule has 0 saturated carbocycles. The number of hydrogen-bond donors (Lipinski definition) is 0. The zero-order chi connectivity index (χ0) is 12.3. The SMILES string of the molecule is O=Cc1ccccc1N1CCCC(F)(F)CC1. The summed E-state index contributed by atoms with van der Waals surface area (Å²) in [6.45, 7) is 0.887. The van der Waals surface area contributed by atoms with Gasteiger partial charge in [0.15, 0.2) is 6.29 Å². The Bertz CT molecular complexity index is 406. The van der Waals surface area contributed by atoms with Gasteiger partial charge >= 0.3 is 0 Å². The van der Waals surface area contributed by atoms with E-state index in [1.165, 1.54) is 0 Å². The molecule has 0 atom stereocenters. The number of carbonyl (C=O) groups is 1. The Kier molecular flexibility index (Phi) is 3.41. The van der Waals surface area contributed by atoms with Crippen LogP contribution in [-0.4, -0.2) is 25.3 Å². The van der Waals surface area contributed by atoms with Crippen molar-refractivity contribution in [1.29, 1.82) is 0 Å². The molecule has 0 amide bonds. The van der Waals surface area contributed by atoms with Crippen molar-refractivity contribution in [1.82, 2.24) is 0 Å². The van der Waals surface area contributed by atoms with Gasteiger partial charge < -0.3 is 4.90 Å². The third kappa shape index (κ3) is 2.81. The normalized spacial score (nSPS) is 19.8. The van der Waals surface area contributed by atoms with E-state index >= 15 is 0 Å². The maximum Gasteiger partial charge on any atom is 0.249 e. The van der Waals surface area contributed by atoms with E-state index in [9.17, 15) is 13.6 Å². The second-order valence-corrected chi connectivity index (χ2v) is 4.37. The molecule has 1 heterocycles. The van der Waals surface area contributed by atoms with Crippen molar-refractivity contribution in [2.75, 3.05) is 18.0 Å². The monoisotopic (exact) mass is 239 g/mol. The maximum atomic E-state index is 13.2. The Morgan fingerprint density at radius 2 is 1.94 bits per heavy atom. The van der Waals surface area contributed by atoms with Crippen LogP contribution in [0.5, 0.6) is 0 Å². The Hall–Kier alpha value is -1.45. The molecule has 1 fully saturated rings. The number of rotatable bonds is 2. The molecule has 1 aliphatic heterocycles. The van der Waals surface area contributed by atoms with E-state index in [1.54, 1.807) is 12.1 Å². The lowest BCUT2D eigenvalue weighted by molar-refractivity contribution is -0.0102. The number of aldehydes is 1. The van der Waals surface area contributed by atoms with Crippen LogP contribution in [0.3, 0.4) is 0 Å². The maximum absolute atomic E-state index is 13.2. The van der Waals surface area contributed by atoms with Gasteiger partial charge in [-0.05, 0) is 18.6 Å². The van der Waals surface area contributed by atoms with Crippen molar-refractivity contribution in [2.45, 2.75) is 25.2 Å². The zero-order valence-corrected chi connectivity index (χ0v) is 9.53. The molecule has 92 valence electrons. The van der Waals surface area contributed by atoms with Crippen LogP contribution in [0.4, 0.5) is 14.5 Å². The van der Waals surface area contributed by atoms with Crippen LogP contribution >= 0.6 is 0 Å². The van der Waals surface area contributed by atoms with Crippen LogP contribution in [0.2, 0.25) is 0 Å². The summed E-state index contributed by atoms with van der Waals surface area (Å²) >= 11 is 0. The van der Waals surface area contributed by atoms with E-state index in [1.807, 2.05) is 17.0 Å². The highest BCUT2D eigenvalue weighted by atomic mass is 19.3. The van der Waals surface area contributed by atoms with E-state index < -0.39 is 5.92 Å². The summed E-state index contributed by atoms with van der Waals surface area (Å²) in [7, 11) is 0. The number of carbonyl (C=O) groups excluding carboxylic acids is 1. The Morgan fingerprint density at radius 3 is 2.71 bits per heavy atom. The van der Waals surface area contributed by atoms with Crippen LogP contribution in [-0.2, 0) is 0 Å². The first-order valence-electron chi connectivity index (χ1n) is 5.79. The zero-order valence-electron chi connectivity index (χ0n) is 9.53. The van der Waals surface area contributed by atoms with E-state index in [4.69, 9.17) is 0 Å². The molecular weight excluding hydrogens is 224 g/mol. The van der Waals surface area contributed by atoms with Crippen LogP contribution in [0.15, 0.2) is 24.3 Å².